The number of allylic oxidation sites excluding steroid dienone is 3. The van der Waals surface area contributed by atoms with Gasteiger partial charge in [0, 0.05) is 17.5 Å². The van der Waals surface area contributed by atoms with E-state index in [0.29, 0.717) is 28.9 Å². The molecule has 0 unspecified atom stereocenters. The van der Waals surface area contributed by atoms with Gasteiger partial charge in [-0.2, -0.15) is 0 Å². The maximum absolute atomic E-state index is 11.7. The van der Waals surface area contributed by atoms with E-state index in [-0.39, 0.29) is 6.42 Å². The largest absolute Gasteiger partial charge is 0.497 e. The van der Waals surface area contributed by atoms with Gasteiger partial charge in [0.1, 0.15) is 5.75 Å². The molecule has 2 rings (SSSR count). The quantitative estimate of drug-likeness (QED) is 0.309. The molecule has 0 spiro atoms. The molecular formula is C25H38ClN3O4. The Morgan fingerprint density at radius 1 is 1.27 bits per heavy atom. The van der Waals surface area contributed by atoms with Crippen molar-refractivity contribution < 1.29 is 19.1 Å². The van der Waals surface area contributed by atoms with Gasteiger partial charge in [-0.15, -0.1) is 18.2 Å². The summed E-state index contributed by atoms with van der Waals surface area (Å²) in [6, 6.07) is 4.31. The Balaban J connectivity index is 0. The molecule has 0 aliphatic heterocycles. The molecule has 184 valence electrons. The molecule has 0 radical (unpaired) electrons. The Labute approximate surface area is 202 Å². The fraction of sp³-hybridized carbons (Fsp3) is 0.400. The van der Waals surface area contributed by atoms with Crippen LogP contribution in [0.3, 0.4) is 0 Å². The van der Waals surface area contributed by atoms with Crippen LogP contribution < -0.4 is 15.8 Å². The predicted octanol–water partition coefficient (Wildman–Crippen LogP) is 5.53. The number of hydrogen-bond acceptors (Lipinski definition) is 4. The summed E-state index contributed by atoms with van der Waals surface area (Å²) in [5.41, 5.74) is 8.14. The van der Waals surface area contributed by atoms with Crippen LogP contribution in [-0.4, -0.2) is 36.4 Å². The first-order valence-electron chi connectivity index (χ1n) is 10.6. The van der Waals surface area contributed by atoms with Crippen molar-refractivity contribution in [2.75, 3.05) is 13.5 Å². The average molecular weight is 480 g/mol. The van der Waals surface area contributed by atoms with Crippen molar-refractivity contribution in [3.05, 3.63) is 53.8 Å². The van der Waals surface area contributed by atoms with E-state index in [2.05, 4.69) is 37.3 Å². The summed E-state index contributed by atoms with van der Waals surface area (Å²) in [6.45, 7) is 13.6. The molecule has 0 aliphatic carbocycles. The van der Waals surface area contributed by atoms with Crippen molar-refractivity contribution in [3.8, 4) is 5.75 Å². The van der Waals surface area contributed by atoms with Crippen LogP contribution in [0.15, 0.2) is 42.5 Å². The summed E-state index contributed by atoms with van der Waals surface area (Å²) >= 11 is 4.64. The van der Waals surface area contributed by atoms with E-state index in [1.54, 1.807) is 25.1 Å². The number of carbonyl (C=O) groups is 3. The van der Waals surface area contributed by atoms with Gasteiger partial charge in [0.2, 0.25) is 12.3 Å². The van der Waals surface area contributed by atoms with Gasteiger partial charge in [0.15, 0.2) is 0 Å². The van der Waals surface area contributed by atoms with E-state index in [9.17, 15) is 14.4 Å². The number of rotatable bonds is 7. The Morgan fingerprint density at radius 2 is 1.88 bits per heavy atom. The molecule has 33 heavy (non-hydrogen) atoms. The summed E-state index contributed by atoms with van der Waals surface area (Å²) < 4.78 is 6.60. The second-order valence-corrected chi connectivity index (χ2v) is 6.58. The third kappa shape index (κ3) is 11.4. The normalized spacial score (nSPS) is 9.45. The molecule has 1 aromatic carbocycles. The molecule has 0 saturated heterocycles. The van der Waals surface area contributed by atoms with E-state index in [0.717, 1.165) is 18.2 Å². The van der Waals surface area contributed by atoms with Crippen molar-refractivity contribution in [3.63, 3.8) is 0 Å². The molecule has 2 aromatic rings. The van der Waals surface area contributed by atoms with E-state index in [4.69, 9.17) is 10.5 Å². The number of nitrogens with one attached hydrogen (secondary N) is 1. The Bertz CT molecular complexity index is 933. The highest BCUT2D eigenvalue weighted by atomic mass is 35.5. The number of benzene rings is 1. The predicted molar refractivity (Wildman–Crippen MR) is 139 cm³/mol. The van der Waals surface area contributed by atoms with Crippen LogP contribution in [0, 0.1) is 6.92 Å². The van der Waals surface area contributed by atoms with Crippen molar-refractivity contribution in [1.29, 1.82) is 0 Å². The van der Waals surface area contributed by atoms with Crippen molar-refractivity contribution in [2.45, 2.75) is 53.9 Å². The number of hydrogen-bond donors (Lipinski definition) is 2. The first-order valence-corrected chi connectivity index (χ1v) is 11.4. The third-order valence-electron chi connectivity index (χ3n) is 4.27. The lowest BCUT2D eigenvalue weighted by Gasteiger charge is -2.03. The van der Waals surface area contributed by atoms with Crippen molar-refractivity contribution >= 4 is 40.9 Å². The molecule has 0 atom stereocenters. The highest BCUT2D eigenvalue weighted by Gasteiger charge is 2.17. The zero-order chi connectivity index (χ0) is 26.0. The summed E-state index contributed by atoms with van der Waals surface area (Å²) in [5, 5.41) is 2.73. The number of aromatic nitrogens is 1. The number of methoxy groups -OCH3 is 1. The summed E-state index contributed by atoms with van der Waals surface area (Å²) in [4.78, 5) is 33.7. The number of alkyl halides is 1. The van der Waals surface area contributed by atoms with Crippen LogP contribution in [-0.2, 0) is 16.0 Å². The highest BCUT2D eigenvalue weighted by molar-refractivity contribution is 6.15. The number of carbonyl (C=O) groups excluding carboxylic acids is 3. The van der Waals surface area contributed by atoms with Crippen molar-refractivity contribution in [1.82, 2.24) is 9.88 Å². The third-order valence-corrected chi connectivity index (χ3v) is 4.27. The van der Waals surface area contributed by atoms with Gasteiger partial charge in [0.25, 0.3) is 0 Å². The number of halogens is 1. The summed E-state index contributed by atoms with van der Waals surface area (Å²) in [5.74, 6) is 0.0838. The second kappa shape index (κ2) is 18.5. The fourth-order valence-corrected chi connectivity index (χ4v) is 2.81. The molecule has 0 saturated carbocycles. The molecule has 3 N–H and O–H groups in total. The zero-order valence-corrected chi connectivity index (χ0v) is 21.6. The minimum Gasteiger partial charge on any atom is -0.497 e. The minimum absolute atomic E-state index is 0.0563. The van der Waals surface area contributed by atoms with Gasteiger partial charge in [-0.3, -0.25) is 19.5 Å². The SMILES string of the molecule is C=C(C)CC/C=C\C.CC.CCl.COc1ccc2c(c1)c(CC(=O)NC(N)=O)c(C)n2C=O. The van der Waals surface area contributed by atoms with Gasteiger partial charge in [-0.25, -0.2) is 4.79 Å². The first-order chi connectivity index (χ1) is 15.7. The molecule has 8 heteroatoms. The number of imide groups is 1. The minimum atomic E-state index is -0.908. The van der Waals surface area contributed by atoms with Crippen molar-refractivity contribution in [2.24, 2.45) is 5.73 Å². The van der Waals surface area contributed by atoms with Crippen LogP contribution >= 0.6 is 11.6 Å². The molecule has 1 heterocycles. The van der Waals surface area contributed by atoms with Crippen LogP contribution in [0.2, 0.25) is 0 Å². The Hall–Kier alpha value is -3.06. The lowest BCUT2D eigenvalue weighted by Crippen LogP contribution is -2.36. The molecule has 0 bridgehead atoms. The van der Waals surface area contributed by atoms with Gasteiger partial charge in [-0.05, 0) is 57.4 Å². The number of primary amides is 1. The van der Waals surface area contributed by atoms with Crippen LogP contribution in [0.25, 0.3) is 10.9 Å². The maximum Gasteiger partial charge on any atom is 0.318 e. The molecule has 0 fully saturated rings. The molecular weight excluding hydrogens is 442 g/mol. The van der Waals surface area contributed by atoms with Gasteiger partial charge < -0.3 is 10.5 Å². The number of urea groups is 1. The lowest BCUT2D eigenvalue weighted by atomic mass is 10.1. The topological polar surface area (TPSA) is 103 Å². The molecule has 1 aromatic heterocycles. The van der Waals surface area contributed by atoms with Gasteiger partial charge in [0.05, 0.1) is 19.0 Å². The molecule has 7 nitrogen and oxygen atoms in total. The van der Waals surface area contributed by atoms with Crippen LogP contribution in [0.4, 0.5) is 4.79 Å². The first kappa shape index (κ1) is 32.1. The standard InChI is InChI=1S/C14H15N3O4.C8H14.C2H6.CH3Cl/c1-8-10(6-13(19)16-14(15)20)11-5-9(21-2)3-4-12(11)17(8)7-18;1-4-5-6-7-8(2)3;2*1-2/h3-5,7H,6H2,1-2H3,(H3,15,16,19,20);4-5H,2,6-7H2,1,3H3;1-2H3;1H3/b;5-4-;;. The second-order valence-electron chi connectivity index (χ2n) is 6.58. The lowest BCUT2D eigenvalue weighted by molar-refractivity contribution is -0.119. The Morgan fingerprint density at radius 3 is 2.33 bits per heavy atom. The summed E-state index contributed by atoms with van der Waals surface area (Å²) in [7, 11) is 1.53. The maximum atomic E-state index is 11.7. The number of nitrogens with zero attached hydrogens (tertiary/aromatic N) is 1. The monoisotopic (exact) mass is 479 g/mol. The zero-order valence-electron chi connectivity index (χ0n) is 20.8. The van der Waals surface area contributed by atoms with Gasteiger partial charge in [-0.1, -0.05) is 31.6 Å². The van der Waals surface area contributed by atoms with E-state index < -0.39 is 11.9 Å². The average Bonchev–Trinajstić information content (AvgIpc) is 3.06. The Kier molecular flexibility index (Phi) is 18.0. The smallest absolute Gasteiger partial charge is 0.318 e. The fourth-order valence-electron chi connectivity index (χ4n) is 2.81. The highest BCUT2D eigenvalue weighted by Crippen LogP contribution is 2.29. The molecule has 0 aliphatic rings. The van der Waals surface area contributed by atoms with E-state index in [1.807, 2.05) is 26.1 Å². The number of fused-ring (bicyclic) bond motifs is 1. The number of amides is 3. The van der Waals surface area contributed by atoms with Gasteiger partial charge >= 0.3 is 6.03 Å². The van der Waals surface area contributed by atoms with Crippen LogP contribution in [0.5, 0.6) is 5.75 Å². The number of nitrogens with two attached hydrogens (primary N) is 1. The van der Waals surface area contributed by atoms with E-state index in [1.165, 1.54) is 23.6 Å². The number of ether oxygens (including phenoxy) is 1. The molecule has 3 amide bonds. The summed E-state index contributed by atoms with van der Waals surface area (Å²) in [6.07, 6.45) is 8.60. The van der Waals surface area contributed by atoms with E-state index >= 15 is 0 Å². The van der Waals surface area contributed by atoms with Crippen LogP contribution in [0.1, 0.15) is 51.8 Å².